The molecular formula is C15H23N3O2S. The zero-order valence-corrected chi connectivity index (χ0v) is 13.2. The summed E-state index contributed by atoms with van der Waals surface area (Å²) < 4.78 is 0. The van der Waals surface area contributed by atoms with Crippen LogP contribution in [0.1, 0.15) is 37.7 Å². The monoisotopic (exact) mass is 309 g/mol. The number of nitrogens with one attached hydrogen (secondary N) is 1. The molecule has 1 aliphatic heterocycles. The summed E-state index contributed by atoms with van der Waals surface area (Å²) in [5.41, 5.74) is 6.50. The van der Waals surface area contributed by atoms with E-state index in [2.05, 4.69) is 23.7 Å². The van der Waals surface area contributed by atoms with Crippen LogP contribution in [0, 0.1) is 5.92 Å². The van der Waals surface area contributed by atoms with Gasteiger partial charge in [-0.2, -0.15) is 11.3 Å². The molecule has 0 radical (unpaired) electrons. The Bertz CT molecular complexity index is 475. The number of carbonyl (C=O) groups is 2. The molecule has 2 rings (SSSR count). The van der Waals surface area contributed by atoms with Crippen LogP contribution in [0.25, 0.3) is 0 Å². The van der Waals surface area contributed by atoms with Gasteiger partial charge in [-0.1, -0.05) is 6.92 Å². The number of piperidine rings is 1. The summed E-state index contributed by atoms with van der Waals surface area (Å²) in [6, 6.07) is 2.05. The number of urea groups is 1. The number of nitrogens with zero attached hydrogens (tertiary/aromatic N) is 1. The fourth-order valence-electron chi connectivity index (χ4n) is 2.73. The number of hydrogen-bond acceptors (Lipinski definition) is 3. The van der Waals surface area contributed by atoms with Gasteiger partial charge in [0.1, 0.15) is 0 Å². The van der Waals surface area contributed by atoms with Crippen molar-refractivity contribution in [1.29, 1.82) is 0 Å². The molecule has 3 N–H and O–H groups in total. The predicted molar refractivity (Wildman–Crippen MR) is 84.2 cm³/mol. The van der Waals surface area contributed by atoms with E-state index in [0.717, 1.165) is 19.4 Å². The van der Waals surface area contributed by atoms with Gasteiger partial charge in [0.25, 0.3) is 0 Å². The molecule has 0 aromatic carbocycles. The lowest BCUT2D eigenvalue weighted by atomic mass is 9.95. The Morgan fingerprint density at radius 3 is 3.05 bits per heavy atom. The summed E-state index contributed by atoms with van der Waals surface area (Å²) in [6.07, 6.45) is 2.28. The average Bonchev–Trinajstić information content (AvgIpc) is 2.98. The van der Waals surface area contributed by atoms with Crippen molar-refractivity contribution in [2.75, 3.05) is 19.6 Å². The molecule has 1 fully saturated rings. The van der Waals surface area contributed by atoms with Crippen molar-refractivity contribution in [3.63, 3.8) is 0 Å². The Labute approximate surface area is 129 Å². The number of carbonyl (C=O) groups excluding carboxylic acids is 2. The third kappa shape index (κ3) is 4.74. The number of thiophene rings is 1. The molecule has 116 valence electrons. The maximum Gasteiger partial charge on any atom is 0.317 e. The smallest absolute Gasteiger partial charge is 0.317 e. The Morgan fingerprint density at radius 2 is 2.38 bits per heavy atom. The molecule has 2 atom stereocenters. The van der Waals surface area contributed by atoms with E-state index >= 15 is 0 Å². The third-order valence-corrected chi connectivity index (χ3v) is 4.67. The molecule has 1 aliphatic rings. The molecule has 3 amide bonds. The number of hydrogen-bond donors (Lipinski definition) is 2. The maximum atomic E-state index is 12.2. The second-order valence-corrected chi connectivity index (χ2v) is 6.55. The van der Waals surface area contributed by atoms with Crippen molar-refractivity contribution < 1.29 is 9.59 Å². The van der Waals surface area contributed by atoms with Gasteiger partial charge in [-0.05, 0) is 47.1 Å². The second-order valence-electron chi connectivity index (χ2n) is 5.77. The van der Waals surface area contributed by atoms with E-state index in [1.807, 2.05) is 5.38 Å². The van der Waals surface area contributed by atoms with Crippen LogP contribution < -0.4 is 11.1 Å². The fourth-order valence-corrected chi connectivity index (χ4v) is 3.51. The Morgan fingerprint density at radius 1 is 1.57 bits per heavy atom. The van der Waals surface area contributed by atoms with Crippen molar-refractivity contribution in [1.82, 2.24) is 10.2 Å². The number of likely N-dealkylation sites (tertiary alicyclic amines) is 1. The Balaban J connectivity index is 1.78. The number of rotatable bonds is 5. The minimum absolute atomic E-state index is 0.0359. The molecule has 5 nitrogen and oxygen atoms in total. The van der Waals surface area contributed by atoms with Crippen LogP contribution in [0.5, 0.6) is 0 Å². The van der Waals surface area contributed by atoms with Crippen molar-refractivity contribution in [2.45, 2.75) is 32.1 Å². The first-order chi connectivity index (χ1) is 10.1. The van der Waals surface area contributed by atoms with Crippen LogP contribution in [-0.4, -0.2) is 36.5 Å². The highest BCUT2D eigenvalue weighted by Crippen LogP contribution is 2.20. The highest BCUT2D eigenvalue weighted by atomic mass is 32.1. The van der Waals surface area contributed by atoms with Gasteiger partial charge in [-0.25, -0.2) is 4.79 Å². The minimum Gasteiger partial charge on any atom is -0.370 e. The lowest BCUT2D eigenvalue weighted by Crippen LogP contribution is -2.46. The number of amides is 3. The Kier molecular flexibility index (Phi) is 5.61. The van der Waals surface area contributed by atoms with Gasteiger partial charge in [0.15, 0.2) is 0 Å². The van der Waals surface area contributed by atoms with E-state index in [4.69, 9.17) is 5.73 Å². The van der Waals surface area contributed by atoms with Crippen molar-refractivity contribution in [2.24, 2.45) is 11.7 Å². The largest absolute Gasteiger partial charge is 0.370 e. The quantitative estimate of drug-likeness (QED) is 0.874. The van der Waals surface area contributed by atoms with Crippen LogP contribution in [-0.2, 0) is 4.79 Å². The van der Waals surface area contributed by atoms with E-state index in [1.165, 1.54) is 5.56 Å². The normalized spacial score (nSPS) is 20.0. The molecule has 1 aromatic heterocycles. The summed E-state index contributed by atoms with van der Waals surface area (Å²) >= 11 is 1.67. The predicted octanol–water partition coefficient (Wildman–Crippen LogP) is 2.15. The Hall–Kier alpha value is -1.56. The van der Waals surface area contributed by atoms with E-state index in [1.54, 1.807) is 16.2 Å². The van der Waals surface area contributed by atoms with Gasteiger partial charge in [-0.3, -0.25) is 4.79 Å². The van der Waals surface area contributed by atoms with E-state index in [9.17, 15) is 9.59 Å². The molecule has 0 bridgehead atoms. The van der Waals surface area contributed by atoms with E-state index in [0.29, 0.717) is 25.4 Å². The highest BCUT2D eigenvalue weighted by Gasteiger charge is 2.24. The molecule has 2 heterocycles. The van der Waals surface area contributed by atoms with Gasteiger partial charge < -0.3 is 16.0 Å². The summed E-state index contributed by atoms with van der Waals surface area (Å²) in [5, 5.41) is 7.15. The molecule has 1 aromatic rings. The summed E-state index contributed by atoms with van der Waals surface area (Å²) in [6.45, 7) is 4.12. The lowest BCUT2D eigenvalue weighted by molar-refractivity contribution is -0.119. The number of nitrogens with two attached hydrogens (primary N) is 1. The molecule has 0 unspecified atom stereocenters. The van der Waals surface area contributed by atoms with Crippen LogP contribution in [0.3, 0.4) is 0 Å². The molecular weight excluding hydrogens is 286 g/mol. The molecule has 21 heavy (non-hydrogen) atoms. The lowest BCUT2D eigenvalue weighted by Gasteiger charge is -2.32. The molecule has 6 heteroatoms. The molecule has 0 aliphatic carbocycles. The van der Waals surface area contributed by atoms with Crippen molar-refractivity contribution >= 4 is 23.3 Å². The maximum absolute atomic E-state index is 12.2. The average molecular weight is 309 g/mol. The summed E-state index contributed by atoms with van der Waals surface area (Å²) in [4.78, 5) is 25.0. The first kappa shape index (κ1) is 15.8. The van der Waals surface area contributed by atoms with E-state index in [-0.39, 0.29) is 17.9 Å². The highest BCUT2D eigenvalue weighted by molar-refractivity contribution is 7.07. The van der Waals surface area contributed by atoms with Crippen molar-refractivity contribution in [3.8, 4) is 0 Å². The summed E-state index contributed by atoms with van der Waals surface area (Å²) in [5.74, 6) is 0.232. The molecule has 0 saturated carbocycles. The first-order valence-corrected chi connectivity index (χ1v) is 8.33. The van der Waals surface area contributed by atoms with Crippen LogP contribution in [0.4, 0.5) is 4.79 Å². The van der Waals surface area contributed by atoms with E-state index < -0.39 is 0 Å². The van der Waals surface area contributed by atoms with Crippen LogP contribution in [0.15, 0.2) is 16.8 Å². The molecule has 1 saturated heterocycles. The zero-order chi connectivity index (χ0) is 15.2. The topological polar surface area (TPSA) is 75.4 Å². The second kappa shape index (κ2) is 7.45. The SMILES string of the molecule is C[C@@H](CNC(=O)N1CCC[C@@H](CC(N)=O)C1)c1ccsc1. The standard InChI is InChI=1S/C15H23N3O2S/c1-11(13-4-6-21-10-13)8-17-15(20)18-5-2-3-12(9-18)7-14(16)19/h4,6,10-12H,2-3,5,7-9H2,1H3,(H2,16,19)(H,17,20)/t11-,12-/m0/s1. The minimum atomic E-state index is -0.284. The fraction of sp³-hybridized carbons (Fsp3) is 0.600. The molecule has 0 spiro atoms. The van der Waals surface area contributed by atoms with Gasteiger partial charge in [0.05, 0.1) is 0 Å². The number of primary amides is 1. The van der Waals surface area contributed by atoms with Gasteiger partial charge in [-0.15, -0.1) is 0 Å². The van der Waals surface area contributed by atoms with Crippen molar-refractivity contribution in [3.05, 3.63) is 22.4 Å². The zero-order valence-electron chi connectivity index (χ0n) is 12.4. The van der Waals surface area contributed by atoms with Gasteiger partial charge in [0.2, 0.25) is 5.91 Å². The van der Waals surface area contributed by atoms with Crippen LogP contribution >= 0.6 is 11.3 Å². The van der Waals surface area contributed by atoms with Gasteiger partial charge in [0, 0.05) is 26.1 Å². The third-order valence-electron chi connectivity index (χ3n) is 3.97. The summed E-state index contributed by atoms with van der Waals surface area (Å²) in [7, 11) is 0. The van der Waals surface area contributed by atoms with Gasteiger partial charge >= 0.3 is 6.03 Å². The van der Waals surface area contributed by atoms with Crippen LogP contribution in [0.2, 0.25) is 0 Å². The first-order valence-electron chi connectivity index (χ1n) is 7.39.